The van der Waals surface area contributed by atoms with E-state index in [-0.39, 0.29) is 36.7 Å². The van der Waals surface area contributed by atoms with Crippen LogP contribution < -0.4 is 0 Å². The predicted octanol–water partition coefficient (Wildman–Crippen LogP) is 2.90. The maximum absolute atomic E-state index is 11.1. The molecule has 0 saturated carbocycles. The topological polar surface area (TPSA) is 110 Å². The smallest absolute Gasteiger partial charge is 0.141 e. The van der Waals surface area contributed by atoms with Crippen LogP contribution in [0.1, 0.15) is 5.56 Å². The number of phenolic OH excluding ortho intramolecular Hbond substituents is 2. The molecule has 0 spiro atoms. The first-order chi connectivity index (χ1) is 11.4. The van der Waals surface area contributed by atoms with Crippen molar-refractivity contribution >= 4 is 32.8 Å². The molecule has 0 saturated heterocycles. The normalized spacial score (nSPS) is 11.6. The molecule has 0 aromatic heterocycles. The Balaban J connectivity index is 0.00000225. The molecular weight excluding hydrogens is 396 g/mol. The Hall–Kier alpha value is -2.28. The number of aromatic hydroxyl groups is 2. The first kappa shape index (κ1) is 19.1. The molecule has 6 nitrogen and oxygen atoms in total. The Morgan fingerprint density at radius 3 is 2.36 bits per heavy atom. The van der Waals surface area contributed by atoms with Crippen LogP contribution in [0, 0.1) is 0 Å². The van der Waals surface area contributed by atoms with Crippen molar-refractivity contribution in [3.63, 3.8) is 0 Å². The molecule has 0 fully saturated rings. The molecule has 0 aliphatic heterocycles. The van der Waals surface area contributed by atoms with Gasteiger partial charge >= 0.3 is 0 Å². The fourth-order valence-electron chi connectivity index (χ4n) is 2.32. The Morgan fingerprint density at radius 2 is 1.64 bits per heavy atom. The molecule has 0 radical (unpaired) electrons. The van der Waals surface area contributed by atoms with Crippen molar-refractivity contribution in [3.05, 3.63) is 60.2 Å². The van der Waals surface area contributed by atoms with E-state index in [1.165, 1.54) is 12.3 Å². The molecule has 3 rings (SSSR count). The molecule has 0 atom stereocenters. The summed E-state index contributed by atoms with van der Waals surface area (Å²) in [6.07, 6.45) is 1.31. The minimum atomic E-state index is -4.65. The Labute approximate surface area is 157 Å². The van der Waals surface area contributed by atoms with Crippen molar-refractivity contribution in [3.8, 4) is 11.5 Å². The summed E-state index contributed by atoms with van der Waals surface area (Å²) in [6.45, 7) is 0. The molecule has 124 valence electrons. The number of rotatable bonds is 3. The van der Waals surface area contributed by atoms with E-state index in [0.29, 0.717) is 5.56 Å². The number of phenols is 2. The van der Waals surface area contributed by atoms with E-state index < -0.39 is 15.0 Å². The van der Waals surface area contributed by atoms with Gasteiger partial charge in [-0.1, -0.05) is 30.3 Å². The van der Waals surface area contributed by atoms with Gasteiger partial charge in [0.05, 0.1) is 4.90 Å². The summed E-state index contributed by atoms with van der Waals surface area (Å²) in [4.78, 5) is 3.53. The van der Waals surface area contributed by atoms with Crippen LogP contribution in [-0.2, 0) is 29.6 Å². The molecule has 0 heterocycles. The summed E-state index contributed by atoms with van der Waals surface area (Å²) in [5.41, 5.74) is 0.335. The van der Waals surface area contributed by atoms with Gasteiger partial charge in [-0.05, 0) is 35.0 Å². The molecule has 25 heavy (non-hydrogen) atoms. The van der Waals surface area contributed by atoms with Crippen molar-refractivity contribution in [2.24, 2.45) is 4.99 Å². The SMILES string of the molecule is O=S(=O)([O-])c1ccc(O)c(N=Cc2c(O)ccc3ccccc23)c1.[Zn]. The van der Waals surface area contributed by atoms with Gasteiger partial charge in [-0.3, -0.25) is 4.99 Å². The largest absolute Gasteiger partial charge is 0.744 e. The van der Waals surface area contributed by atoms with E-state index in [4.69, 9.17) is 0 Å². The molecule has 0 amide bonds. The van der Waals surface area contributed by atoms with E-state index in [2.05, 4.69) is 4.99 Å². The summed E-state index contributed by atoms with van der Waals surface area (Å²) in [6, 6.07) is 13.7. The molecule has 8 heteroatoms. The molecule has 0 aliphatic rings. The van der Waals surface area contributed by atoms with Crippen molar-refractivity contribution in [1.82, 2.24) is 0 Å². The number of benzene rings is 3. The molecule has 0 unspecified atom stereocenters. The third-order valence-corrected chi connectivity index (χ3v) is 4.35. The van der Waals surface area contributed by atoms with E-state index in [0.717, 1.165) is 29.0 Å². The van der Waals surface area contributed by atoms with Crippen LogP contribution in [0.4, 0.5) is 5.69 Å². The van der Waals surface area contributed by atoms with Gasteiger partial charge in [0.1, 0.15) is 27.3 Å². The molecule has 3 aromatic rings. The minimum Gasteiger partial charge on any atom is -0.744 e. The first-order valence-corrected chi connectivity index (χ1v) is 8.31. The predicted molar refractivity (Wildman–Crippen MR) is 88.9 cm³/mol. The van der Waals surface area contributed by atoms with Crippen LogP contribution in [-0.4, -0.2) is 29.4 Å². The Kier molecular flexibility index (Phi) is 5.57. The molecule has 3 aromatic carbocycles. The van der Waals surface area contributed by atoms with Gasteiger partial charge in [0.25, 0.3) is 0 Å². The monoisotopic (exact) mass is 406 g/mol. The quantitative estimate of drug-likeness (QED) is 0.394. The second-order valence-electron chi connectivity index (χ2n) is 5.08. The van der Waals surface area contributed by atoms with E-state index in [1.54, 1.807) is 18.2 Å². The third kappa shape index (κ3) is 4.04. The summed E-state index contributed by atoms with van der Waals surface area (Å²) in [7, 11) is -4.65. The Morgan fingerprint density at radius 1 is 0.960 bits per heavy atom. The molecule has 0 aliphatic carbocycles. The standard InChI is InChI=1S/C17H13NO5S.Zn/c19-16-7-5-11-3-1-2-4-13(11)14(16)10-18-15-9-12(24(21,22)23)6-8-17(15)20;/h1-10,19-20H,(H,21,22,23);/p-1. The van der Waals surface area contributed by atoms with Crippen molar-refractivity contribution < 1.29 is 42.7 Å². The van der Waals surface area contributed by atoms with Gasteiger partial charge in [0.2, 0.25) is 0 Å². The first-order valence-electron chi connectivity index (χ1n) is 6.90. The zero-order chi connectivity index (χ0) is 17.3. The van der Waals surface area contributed by atoms with Gasteiger partial charge < -0.3 is 14.8 Å². The number of fused-ring (bicyclic) bond motifs is 1. The number of nitrogens with zero attached hydrogens (tertiary/aromatic N) is 1. The van der Waals surface area contributed by atoms with Crippen LogP contribution in [0.15, 0.2) is 64.5 Å². The van der Waals surface area contributed by atoms with Crippen molar-refractivity contribution in [2.45, 2.75) is 4.90 Å². The number of aliphatic imine (C=N–C) groups is 1. The van der Waals surface area contributed by atoms with Gasteiger partial charge in [0, 0.05) is 31.3 Å². The maximum Gasteiger partial charge on any atom is 0.141 e. The van der Waals surface area contributed by atoms with Gasteiger partial charge in [-0.15, -0.1) is 0 Å². The van der Waals surface area contributed by atoms with E-state index >= 15 is 0 Å². The van der Waals surface area contributed by atoms with Crippen LogP contribution in [0.25, 0.3) is 10.8 Å². The van der Waals surface area contributed by atoms with Crippen molar-refractivity contribution in [2.75, 3.05) is 0 Å². The molecular formula is C17H12NO5SZn-. The third-order valence-electron chi connectivity index (χ3n) is 3.52. The minimum absolute atomic E-state index is 0. The van der Waals surface area contributed by atoms with Crippen molar-refractivity contribution in [1.29, 1.82) is 0 Å². The van der Waals surface area contributed by atoms with Gasteiger partial charge in [-0.25, -0.2) is 8.42 Å². The van der Waals surface area contributed by atoms with Crippen LogP contribution in [0.3, 0.4) is 0 Å². The fraction of sp³-hybridized carbons (Fsp3) is 0. The fourth-order valence-corrected chi connectivity index (χ4v) is 2.81. The van der Waals surface area contributed by atoms with Gasteiger partial charge in [-0.2, -0.15) is 0 Å². The molecule has 2 N–H and O–H groups in total. The van der Waals surface area contributed by atoms with E-state index in [9.17, 15) is 23.2 Å². The number of hydrogen-bond donors (Lipinski definition) is 2. The second kappa shape index (κ2) is 7.31. The van der Waals surface area contributed by atoms with Crippen LogP contribution in [0.2, 0.25) is 0 Å². The summed E-state index contributed by atoms with van der Waals surface area (Å²) in [5.74, 6) is -0.289. The average molecular weight is 408 g/mol. The summed E-state index contributed by atoms with van der Waals surface area (Å²) in [5, 5.41) is 21.5. The van der Waals surface area contributed by atoms with Crippen LogP contribution >= 0.6 is 0 Å². The molecule has 0 bridgehead atoms. The number of hydrogen-bond acceptors (Lipinski definition) is 6. The maximum atomic E-state index is 11.1. The Bertz CT molecular complexity index is 1060. The van der Waals surface area contributed by atoms with Gasteiger partial charge in [0.15, 0.2) is 0 Å². The average Bonchev–Trinajstić information content (AvgIpc) is 2.54. The zero-order valence-corrected chi connectivity index (χ0v) is 16.7. The summed E-state index contributed by atoms with van der Waals surface area (Å²) < 4.78 is 33.2. The summed E-state index contributed by atoms with van der Waals surface area (Å²) >= 11 is 0. The van der Waals surface area contributed by atoms with Crippen LogP contribution in [0.5, 0.6) is 11.5 Å². The second-order valence-corrected chi connectivity index (χ2v) is 6.46. The van der Waals surface area contributed by atoms with E-state index in [1.807, 2.05) is 12.1 Å². The zero-order valence-electron chi connectivity index (χ0n) is 13.0.